The monoisotopic (exact) mass is 261 g/mol. The van der Waals surface area contributed by atoms with Gasteiger partial charge in [0.1, 0.15) is 6.54 Å². The smallest absolute Gasteiger partial charge is 0.312 e. The highest BCUT2D eigenvalue weighted by molar-refractivity contribution is 7.87. The molecule has 0 bridgehead atoms. The molecule has 1 unspecified atom stereocenters. The molecule has 1 aliphatic heterocycles. The second kappa shape index (κ2) is 4.86. The van der Waals surface area contributed by atoms with E-state index in [1.54, 1.807) is 6.92 Å². The third kappa shape index (κ3) is 4.24. The van der Waals surface area contributed by atoms with Crippen molar-refractivity contribution in [1.82, 2.24) is 14.3 Å². The first-order valence-electron chi connectivity index (χ1n) is 4.75. The molecule has 0 radical (unpaired) electrons. The minimum absolute atomic E-state index is 0.0591. The summed E-state index contributed by atoms with van der Waals surface area (Å²) in [5, 5.41) is 3.00. The van der Waals surface area contributed by atoms with E-state index < -0.39 is 22.9 Å². The molecule has 1 atom stereocenters. The number of rotatable bonds is 3. The van der Waals surface area contributed by atoms with Gasteiger partial charge in [0.2, 0.25) is 0 Å². The average Bonchev–Trinajstić information content (AvgIpc) is 2.14. The van der Waals surface area contributed by atoms with Gasteiger partial charge in [-0.15, -0.1) is 0 Å². The zero-order chi connectivity index (χ0) is 12.4. The van der Waals surface area contributed by atoms with Crippen molar-refractivity contribution in [3.05, 3.63) is 0 Å². The van der Waals surface area contributed by atoms with Crippen molar-refractivity contribution >= 4 is 10.2 Å². The standard InChI is InChI=1S/C7H14F3N3O2S/c1-6-4-13(3-2-11-6)16(14,15)12-5-7(8,9)10/h6,11-12H,2-5H2,1H3. The van der Waals surface area contributed by atoms with Crippen LogP contribution < -0.4 is 10.0 Å². The molecule has 0 aromatic carbocycles. The van der Waals surface area contributed by atoms with Crippen molar-refractivity contribution in [2.75, 3.05) is 26.2 Å². The molecule has 1 rings (SSSR count). The summed E-state index contributed by atoms with van der Waals surface area (Å²) in [6, 6.07) is -0.0591. The van der Waals surface area contributed by atoms with Crippen LogP contribution in [0.15, 0.2) is 0 Å². The molecular weight excluding hydrogens is 247 g/mol. The number of halogens is 3. The van der Waals surface area contributed by atoms with E-state index >= 15 is 0 Å². The van der Waals surface area contributed by atoms with Crippen LogP contribution in [0.5, 0.6) is 0 Å². The lowest BCUT2D eigenvalue weighted by atomic mass is 10.3. The topological polar surface area (TPSA) is 61.4 Å². The highest BCUT2D eigenvalue weighted by Crippen LogP contribution is 2.13. The van der Waals surface area contributed by atoms with Gasteiger partial charge in [-0.05, 0) is 6.92 Å². The van der Waals surface area contributed by atoms with Crippen LogP contribution in [0.1, 0.15) is 6.92 Å². The number of nitrogens with one attached hydrogen (secondary N) is 2. The molecule has 0 aliphatic carbocycles. The number of nitrogens with zero attached hydrogens (tertiary/aromatic N) is 1. The van der Waals surface area contributed by atoms with Crippen LogP contribution in [0.2, 0.25) is 0 Å². The molecule has 0 amide bonds. The van der Waals surface area contributed by atoms with Gasteiger partial charge in [0.15, 0.2) is 0 Å². The second-order valence-electron chi connectivity index (χ2n) is 3.65. The van der Waals surface area contributed by atoms with Crippen molar-refractivity contribution in [2.24, 2.45) is 0 Å². The van der Waals surface area contributed by atoms with Crippen molar-refractivity contribution in [2.45, 2.75) is 19.1 Å². The zero-order valence-corrected chi connectivity index (χ0v) is 9.53. The van der Waals surface area contributed by atoms with E-state index in [0.29, 0.717) is 6.54 Å². The van der Waals surface area contributed by atoms with Gasteiger partial charge in [0.25, 0.3) is 10.2 Å². The van der Waals surface area contributed by atoms with Gasteiger partial charge in [-0.2, -0.15) is 30.6 Å². The van der Waals surface area contributed by atoms with Crippen LogP contribution in [0, 0.1) is 0 Å². The van der Waals surface area contributed by atoms with Gasteiger partial charge in [-0.25, -0.2) is 0 Å². The number of piperazine rings is 1. The SMILES string of the molecule is CC1CN(S(=O)(=O)NCC(F)(F)F)CCN1. The quantitative estimate of drug-likeness (QED) is 0.732. The van der Waals surface area contributed by atoms with Gasteiger partial charge >= 0.3 is 6.18 Å². The zero-order valence-electron chi connectivity index (χ0n) is 8.71. The Bertz CT molecular complexity index is 330. The largest absolute Gasteiger partial charge is 0.402 e. The summed E-state index contributed by atoms with van der Waals surface area (Å²) >= 11 is 0. The molecule has 1 saturated heterocycles. The third-order valence-corrected chi connectivity index (χ3v) is 3.65. The Kier molecular flexibility index (Phi) is 4.16. The molecule has 5 nitrogen and oxygen atoms in total. The van der Waals surface area contributed by atoms with Crippen molar-refractivity contribution in [1.29, 1.82) is 0 Å². The summed E-state index contributed by atoms with van der Waals surface area (Å²) < 4.78 is 61.1. The second-order valence-corrected chi connectivity index (χ2v) is 5.41. The van der Waals surface area contributed by atoms with Crippen LogP contribution in [-0.2, 0) is 10.2 Å². The van der Waals surface area contributed by atoms with Crippen LogP contribution in [0.4, 0.5) is 13.2 Å². The summed E-state index contributed by atoms with van der Waals surface area (Å²) in [5.74, 6) is 0. The first kappa shape index (κ1) is 13.7. The lowest BCUT2D eigenvalue weighted by molar-refractivity contribution is -0.121. The van der Waals surface area contributed by atoms with Crippen LogP contribution in [0.25, 0.3) is 0 Å². The van der Waals surface area contributed by atoms with E-state index in [4.69, 9.17) is 0 Å². The molecular formula is C7H14F3N3O2S. The van der Waals surface area contributed by atoms with Gasteiger partial charge in [-0.3, -0.25) is 0 Å². The van der Waals surface area contributed by atoms with E-state index in [0.717, 1.165) is 4.31 Å². The summed E-state index contributed by atoms with van der Waals surface area (Å²) in [7, 11) is -4.03. The predicted molar refractivity (Wildman–Crippen MR) is 52.0 cm³/mol. The van der Waals surface area contributed by atoms with E-state index in [2.05, 4.69) is 5.32 Å². The first-order valence-corrected chi connectivity index (χ1v) is 6.19. The molecule has 0 aromatic heterocycles. The normalized spacial score (nSPS) is 24.6. The highest BCUT2D eigenvalue weighted by atomic mass is 32.2. The van der Waals surface area contributed by atoms with Crippen molar-refractivity contribution < 1.29 is 21.6 Å². The minimum Gasteiger partial charge on any atom is -0.312 e. The molecule has 1 heterocycles. The Morgan fingerprint density at radius 2 is 2.12 bits per heavy atom. The highest BCUT2D eigenvalue weighted by Gasteiger charge is 2.33. The maximum atomic E-state index is 11.9. The lowest BCUT2D eigenvalue weighted by Gasteiger charge is -2.31. The number of hydrogen-bond acceptors (Lipinski definition) is 3. The Labute approximate surface area is 92.2 Å². The molecule has 0 aromatic rings. The molecule has 1 fully saturated rings. The Morgan fingerprint density at radius 1 is 1.50 bits per heavy atom. The molecule has 96 valence electrons. The van der Waals surface area contributed by atoms with Gasteiger partial charge in [0.05, 0.1) is 0 Å². The molecule has 9 heteroatoms. The summed E-state index contributed by atoms with van der Waals surface area (Å²) in [4.78, 5) is 0. The summed E-state index contributed by atoms with van der Waals surface area (Å²) in [6.45, 7) is 1.03. The van der Waals surface area contributed by atoms with Crippen molar-refractivity contribution in [3.8, 4) is 0 Å². The summed E-state index contributed by atoms with van der Waals surface area (Å²) in [6.07, 6.45) is -4.53. The third-order valence-electron chi connectivity index (χ3n) is 2.13. The Hall–Kier alpha value is -0.380. The summed E-state index contributed by atoms with van der Waals surface area (Å²) in [5.41, 5.74) is 0. The van der Waals surface area contributed by atoms with Gasteiger partial charge in [0, 0.05) is 25.7 Å². The maximum absolute atomic E-state index is 11.9. The molecule has 2 N–H and O–H groups in total. The number of alkyl halides is 3. The molecule has 16 heavy (non-hydrogen) atoms. The van der Waals surface area contributed by atoms with E-state index in [1.165, 1.54) is 4.72 Å². The lowest BCUT2D eigenvalue weighted by Crippen LogP contribution is -2.55. The molecule has 1 aliphatic rings. The number of hydrogen-bond donors (Lipinski definition) is 2. The Morgan fingerprint density at radius 3 is 2.62 bits per heavy atom. The predicted octanol–water partition coefficient (Wildman–Crippen LogP) is -0.323. The molecule has 0 saturated carbocycles. The molecule has 0 spiro atoms. The first-order chi connectivity index (χ1) is 7.21. The fourth-order valence-electron chi connectivity index (χ4n) is 1.38. The van der Waals surface area contributed by atoms with Gasteiger partial charge in [-0.1, -0.05) is 0 Å². The average molecular weight is 261 g/mol. The fraction of sp³-hybridized carbons (Fsp3) is 1.00. The van der Waals surface area contributed by atoms with E-state index in [1.807, 2.05) is 0 Å². The minimum atomic E-state index is -4.53. The fourth-order valence-corrected chi connectivity index (χ4v) is 2.66. The van der Waals surface area contributed by atoms with Crippen LogP contribution in [0.3, 0.4) is 0 Å². The van der Waals surface area contributed by atoms with E-state index in [9.17, 15) is 21.6 Å². The van der Waals surface area contributed by atoms with Crippen LogP contribution >= 0.6 is 0 Å². The van der Waals surface area contributed by atoms with Gasteiger partial charge < -0.3 is 5.32 Å². The Balaban J connectivity index is 2.56. The maximum Gasteiger partial charge on any atom is 0.402 e. The van der Waals surface area contributed by atoms with E-state index in [-0.39, 0.29) is 19.1 Å². The van der Waals surface area contributed by atoms with Crippen molar-refractivity contribution in [3.63, 3.8) is 0 Å². The van der Waals surface area contributed by atoms with Crippen LogP contribution in [-0.4, -0.2) is 51.1 Å².